The van der Waals surface area contributed by atoms with Gasteiger partial charge in [0, 0.05) is 13.0 Å². The molecule has 0 aliphatic rings. The van der Waals surface area contributed by atoms with Crippen molar-refractivity contribution in [3.63, 3.8) is 0 Å². The summed E-state index contributed by atoms with van der Waals surface area (Å²) in [6, 6.07) is 7.72. The molecule has 0 aliphatic carbocycles. The van der Waals surface area contributed by atoms with E-state index in [1.54, 1.807) is 12.1 Å². The maximum Gasteiger partial charge on any atom is 0.267 e. The van der Waals surface area contributed by atoms with Crippen LogP contribution in [0.1, 0.15) is 24.2 Å². The van der Waals surface area contributed by atoms with Crippen molar-refractivity contribution >= 4 is 45.9 Å². The van der Waals surface area contributed by atoms with Crippen LogP contribution in [0.2, 0.25) is 5.02 Å². The lowest BCUT2D eigenvalue weighted by atomic mass is 10.2. The van der Waals surface area contributed by atoms with E-state index >= 15 is 0 Å². The van der Waals surface area contributed by atoms with Crippen LogP contribution in [0.25, 0.3) is 16.6 Å². The first-order valence-corrected chi connectivity index (χ1v) is 10.9. The number of halogens is 2. The monoisotopic (exact) mass is 494 g/mol. The Hall–Kier alpha value is -4.50. The fourth-order valence-corrected chi connectivity index (χ4v) is 3.81. The van der Waals surface area contributed by atoms with E-state index in [9.17, 15) is 14.4 Å². The molecule has 0 saturated carbocycles. The van der Waals surface area contributed by atoms with Crippen LogP contribution in [0.4, 0.5) is 27.8 Å². The number of pyridine rings is 1. The largest absolute Gasteiger partial charge is 0.384 e. The van der Waals surface area contributed by atoms with Gasteiger partial charge in [-0.05, 0) is 37.1 Å². The molecule has 0 fully saturated rings. The summed E-state index contributed by atoms with van der Waals surface area (Å²) in [5, 5.41) is 12.0. The number of aromatic nitrogens is 5. The van der Waals surface area contributed by atoms with Crippen molar-refractivity contribution < 1.29 is 4.39 Å². The summed E-state index contributed by atoms with van der Waals surface area (Å²) in [4.78, 5) is 29.8. The second-order valence-electron chi connectivity index (χ2n) is 7.55. The van der Waals surface area contributed by atoms with E-state index in [2.05, 4.69) is 25.3 Å². The highest BCUT2D eigenvalue weighted by Gasteiger charge is 2.17. The van der Waals surface area contributed by atoms with Gasteiger partial charge in [0.2, 0.25) is 5.95 Å². The summed E-state index contributed by atoms with van der Waals surface area (Å²) in [6.07, 6.45) is 3.09. The maximum absolute atomic E-state index is 14.1. The third kappa shape index (κ3) is 4.75. The second kappa shape index (κ2) is 9.78. The molecule has 3 aromatic heterocycles. The Morgan fingerprint density at radius 1 is 1.11 bits per heavy atom. The lowest BCUT2D eigenvalue weighted by molar-refractivity contribution is 0.629. The first-order valence-electron chi connectivity index (χ1n) is 10.5. The standard InChI is InChI=1S/C22H20ClFN10O/c23-18-13(24)5-6-14-17(18)21(35)34(11-4-7-15(26)30-10-11)16(31-14)3-1-2-8-29-20-12(9-25)19(27)32-22(28)33-20/h4-7,10H,1-3,8H2,(H2,26,30)(H5,27,28,29,32,33). The predicted molar refractivity (Wildman–Crippen MR) is 132 cm³/mol. The van der Waals surface area contributed by atoms with Crippen LogP contribution in [0.15, 0.2) is 35.3 Å². The summed E-state index contributed by atoms with van der Waals surface area (Å²) in [5.41, 5.74) is 17.3. The molecule has 4 rings (SSSR count). The van der Waals surface area contributed by atoms with Gasteiger partial charge in [-0.25, -0.2) is 14.4 Å². The summed E-state index contributed by atoms with van der Waals surface area (Å²) in [6.45, 7) is 0.447. The minimum atomic E-state index is -0.707. The number of anilines is 4. The summed E-state index contributed by atoms with van der Waals surface area (Å²) < 4.78 is 15.4. The molecule has 0 bridgehead atoms. The number of nitrogens with zero attached hydrogens (tertiary/aromatic N) is 6. The molecule has 0 radical (unpaired) electrons. The first kappa shape index (κ1) is 23.7. The number of nitriles is 1. The third-order valence-electron chi connectivity index (χ3n) is 5.21. The van der Waals surface area contributed by atoms with Crippen LogP contribution in [-0.2, 0) is 6.42 Å². The van der Waals surface area contributed by atoms with Gasteiger partial charge in [-0.3, -0.25) is 9.36 Å². The normalized spacial score (nSPS) is 10.9. The number of hydrogen-bond donors (Lipinski definition) is 4. The molecule has 11 nitrogen and oxygen atoms in total. The average Bonchev–Trinajstić information content (AvgIpc) is 2.82. The number of benzene rings is 1. The molecule has 0 atom stereocenters. The number of nitrogens with two attached hydrogens (primary N) is 3. The van der Waals surface area contributed by atoms with Crippen molar-refractivity contribution in [3.8, 4) is 11.8 Å². The highest BCUT2D eigenvalue weighted by molar-refractivity contribution is 6.35. The van der Waals surface area contributed by atoms with Gasteiger partial charge in [-0.1, -0.05) is 11.6 Å². The number of rotatable bonds is 7. The van der Waals surface area contributed by atoms with Crippen molar-refractivity contribution in [2.75, 3.05) is 29.1 Å². The summed E-state index contributed by atoms with van der Waals surface area (Å²) in [7, 11) is 0. The van der Waals surface area contributed by atoms with Crippen LogP contribution < -0.4 is 28.1 Å². The quantitative estimate of drug-likeness (QED) is 0.278. The molecule has 35 heavy (non-hydrogen) atoms. The van der Waals surface area contributed by atoms with Gasteiger partial charge in [0.25, 0.3) is 5.56 Å². The van der Waals surface area contributed by atoms with E-state index in [1.165, 1.54) is 22.9 Å². The lowest BCUT2D eigenvalue weighted by Gasteiger charge is -2.14. The van der Waals surface area contributed by atoms with E-state index in [1.807, 2.05) is 6.07 Å². The van der Waals surface area contributed by atoms with Crippen LogP contribution in [-0.4, -0.2) is 31.0 Å². The molecule has 0 unspecified atom stereocenters. The average molecular weight is 495 g/mol. The predicted octanol–water partition coefficient (Wildman–Crippen LogP) is 2.42. The molecular weight excluding hydrogens is 475 g/mol. The topological polar surface area (TPSA) is 187 Å². The Morgan fingerprint density at radius 2 is 1.91 bits per heavy atom. The molecule has 0 spiro atoms. The molecule has 1 aromatic carbocycles. The van der Waals surface area contributed by atoms with Crippen molar-refractivity contribution in [1.82, 2.24) is 24.5 Å². The highest BCUT2D eigenvalue weighted by atomic mass is 35.5. The summed E-state index contributed by atoms with van der Waals surface area (Å²) >= 11 is 6.10. The highest BCUT2D eigenvalue weighted by Crippen LogP contribution is 2.24. The number of aryl methyl sites for hydroxylation is 1. The molecule has 7 N–H and O–H groups in total. The molecule has 3 heterocycles. The fourth-order valence-electron chi connectivity index (χ4n) is 3.57. The van der Waals surface area contributed by atoms with Crippen LogP contribution in [0.3, 0.4) is 0 Å². The zero-order valence-electron chi connectivity index (χ0n) is 18.3. The van der Waals surface area contributed by atoms with E-state index in [0.717, 1.165) is 0 Å². The SMILES string of the molecule is N#Cc1c(N)nc(N)nc1NCCCCc1nc2ccc(F)c(Cl)c2c(=O)n1-c1ccc(N)nc1. The number of hydrogen-bond acceptors (Lipinski definition) is 10. The number of unbranched alkanes of at least 4 members (excludes halogenated alkanes) is 1. The minimum absolute atomic E-state index is 0.000847. The van der Waals surface area contributed by atoms with Gasteiger partial charge in [-0.15, -0.1) is 0 Å². The molecule has 178 valence electrons. The van der Waals surface area contributed by atoms with Crippen LogP contribution >= 0.6 is 11.6 Å². The molecule has 13 heteroatoms. The lowest BCUT2D eigenvalue weighted by Crippen LogP contribution is -2.25. The molecular formula is C22H20ClFN10O. The van der Waals surface area contributed by atoms with E-state index in [-0.39, 0.29) is 39.4 Å². The Bertz CT molecular complexity index is 1510. The van der Waals surface area contributed by atoms with Gasteiger partial charge >= 0.3 is 0 Å². The van der Waals surface area contributed by atoms with Gasteiger partial charge in [0.05, 0.1) is 27.8 Å². The zero-order chi connectivity index (χ0) is 25.1. The number of nitrogen functional groups attached to an aromatic ring is 3. The third-order valence-corrected chi connectivity index (χ3v) is 5.58. The number of nitrogens with one attached hydrogen (secondary N) is 1. The Kier molecular flexibility index (Phi) is 6.61. The van der Waals surface area contributed by atoms with Crippen molar-refractivity contribution in [3.05, 3.63) is 63.0 Å². The van der Waals surface area contributed by atoms with Gasteiger partial charge in [0.1, 0.15) is 34.9 Å². The molecule has 0 saturated heterocycles. The molecule has 4 aromatic rings. The van der Waals surface area contributed by atoms with E-state index < -0.39 is 11.4 Å². The van der Waals surface area contributed by atoms with Gasteiger partial charge in [0.15, 0.2) is 5.82 Å². The van der Waals surface area contributed by atoms with Gasteiger partial charge in [-0.2, -0.15) is 15.2 Å². The number of fused-ring (bicyclic) bond motifs is 1. The Balaban J connectivity index is 1.59. The van der Waals surface area contributed by atoms with Crippen molar-refractivity contribution in [2.24, 2.45) is 0 Å². The van der Waals surface area contributed by atoms with E-state index in [4.69, 9.17) is 28.8 Å². The molecule has 0 amide bonds. The zero-order valence-corrected chi connectivity index (χ0v) is 19.1. The van der Waals surface area contributed by atoms with Crippen molar-refractivity contribution in [2.45, 2.75) is 19.3 Å². The van der Waals surface area contributed by atoms with Crippen LogP contribution in [0, 0.1) is 17.1 Å². The molecule has 0 aliphatic heterocycles. The Labute approximate surface area is 203 Å². The minimum Gasteiger partial charge on any atom is -0.384 e. The first-order chi connectivity index (χ1) is 16.8. The fraction of sp³-hybridized carbons (Fsp3) is 0.182. The van der Waals surface area contributed by atoms with Crippen LogP contribution in [0.5, 0.6) is 0 Å². The summed E-state index contributed by atoms with van der Waals surface area (Å²) in [5.74, 6) is 0.240. The second-order valence-corrected chi connectivity index (χ2v) is 7.93. The van der Waals surface area contributed by atoms with E-state index in [0.29, 0.717) is 42.8 Å². The van der Waals surface area contributed by atoms with Gasteiger partial charge < -0.3 is 22.5 Å². The van der Waals surface area contributed by atoms with Crippen molar-refractivity contribution in [1.29, 1.82) is 5.26 Å². The maximum atomic E-state index is 14.1. The Morgan fingerprint density at radius 3 is 2.63 bits per heavy atom. The smallest absolute Gasteiger partial charge is 0.267 e.